The number of para-hydroxylation sites is 1. The minimum absolute atomic E-state index is 0. The van der Waals surface area contributed by atoms with Crippen LogP contribution in [0.1, 0.15) is 25.8 Å². The molecule has 23 heavy (non-hydrogen) atoms. The van der Waals surface area contributed by atoms with Gasteiger partial charge in [-0.15, -0.1) is 5.75 Å². The number of carboxylic acids is 1. The second-order valence-corrected chi connectivity index (χ2v) is 5.25. The number of hydrogen-bond acceptors (Lipinski definition) is 5. The standard InChI is InChI=1S/C13H19NO3.C3H4N2.Cu/c1-9(2)7-11(13(16)17)14-8-10-5-3-4-6-12(10)15;1-2-5-3-4-1;/h3-6,9,11,14-15H,7-8H2,1-2H3,(H,16,17);1-3H,(H,4,5);/q;;+2/p-2/t11-;;/m0../s1. The molecule has 6 nitrogen and oxygen atoms in total. The van der Waals surface area contributed by atoms with Crippen molar-refractivity contribution in [2.45, 2.75) is 32.9 Å². The summed E-state index contributed by atoms with van der Waals surface area (Å²) in [5.74, 6) is -0.948. The molecule has 0 saturated carbocycles. The average molecular weight is 367 g/mol. The number of H-pyrrole nitrogens is 1. The molecule has 1 aromatic heterocycles. The molecular formula is C16H21CuN3O3. The molecule has 129 valence electrons. The summed E-state index contributed by atoms with van der Waals surface area (Å²) in [6.45, 7) is 4.14. The Labute approximate surface area is 146 Å². The van der Waals surface area contributed by atoms with E-state index < -0.39 is 12.0 Å². The number of hydrogen-bond donors (Lipinski definition) is 2. The molecule has 0 aliphatic carbocycles. The Balaban J connectivity index is 0.000000684. The summed E-state index contributed by atoms with van der Waals surface area (Å²) < 4.78 is 0. The smallest absolute Gasteiger partial charge is 0.872 e. The Hall–Kier alpha value is -1.82. The molecule has 1 radical (unpaired) electrons. The number of carbonyl (C=O) groups is 1. The number of imidazole rings is 1. The number of carbonyl (C=O) groups excluding carboxylic acids is 1. The summed E-state index contributed by atoms with van der Waals surface area (Å²) in [7, 11) is 0. The molecule has 0 amide bonds. The number of nitrogens with one attached hydrogen (secondary N) is 2. The van der Waals surface area contributed by atoms with Crippen LogP contribution >= 0.6 is 0 Å². The van der Waals surface area contributed by atoms with E-state index in [1.54, 1.807) is 36.9 Å². The van der Waals surface area contributed by atoms with E-state index in [9.17, 15) is 15.0 Å². The van der Waals surface area contributed by atoms with Crippen molar-refractivity contribution < 1.29 is 32.1 Å². The van der Waals surface area contributed by atoms with Crippen LogP contribution in [0.4, 0.5) is 0 Å². The van der Waals surface area contributed by atoms with E-state index in [2.05, 4.69) is 15.3 Å². The van der Waals surface area contributed by atoms with Gasteiger partial charge >= 0.3 is 17.1 Å². The van der Waals surface area contributed by atoms with Crippen LogP contribution < -0.4 is 15.5 Å². The Morgan fingerprint density at radius 3 is 2.48 bits per heavy atom. The Bertz CT molecular complexity index is 530. The topological polar surface area (TPSA) is 104 Å². The largest absolute Gasteiger partial charge is 2.00 e. The molecule has 0 spiro atoms. The van der Waals surface area contributed by atoms with Gasteiger partial charge in [0.2, 0.25) is 0 Å². The molecule has 0 saturated heterocycles. The Morgan fingerprint density at radius 2 is 2.04 bits per heavy atom. The van der Waals surface area contributed by atoms with Gasteiger partial charge in [0.25, 0.3) is 0 Å². The second kappa shape index (κ2) is 11.7. The van der Waals surface area contributed by atoms with Crippen LogP contribution in [0.2, 0.25) is 0 Å². The van der Waals surface area contributed by atoms with Crippen LogP contribution in [-0.4, -0.2) is 22.0 Å². The summed E-state index contributed by atoms with van der Waals surface area (Å²) in [5, 5.41) is 25.2. The molecule has 2 aromatic rings. The predicted octanol–water partition coefficient (Wildman–Crippen LogP) is 0.422. The van der Waals surface area contributed by atoms with Crippen molar-refractivity contribution in [3.8, 4) is 5.75 Å². The van der Waals surface area contributed by atoms with Gasteiger partial charge in [0, 0.05) is 25.0 Å². The van der Waals surface area contributed by atoms with Crippen molar-refractivity contribution in [1.29, 1.82) is 0 Å². The van der Waals surface area contributed by atoms with Crippen molar-refractivity contribution >= 4 is 5.97 Å². The molecule has 0 aliphatic rings. The molecule has 2 rings (SSSR count). The number of carboxylic acid groups (broad SMARTS) is 1. The van der Waals surface area contributed by atoms with Gasteiger partial charge in [-0.3, -0.25) is 0 Å². The minimum atomic E-state index is -1.12. The van der Waals surface area contributed by atoms with Crippen LogP contribution in [0.5, 0.6) is 5.75 Å². The Morgan fingerprint density at radius 1 is 1.35 bits per heavy atom. The van der Waals surface area contributed by atoms with Gasteiger partial charge < -0.3 is 25.3 Å². The maximum absolute atomic E-state index is 11.4. The fraction of sp³-hybridized carbons (Fsp3) is 0.375. The fourth-order valence-electron chi connectivity index (χ4n) is 1.83. The van der Waals surface area contributed by atoms with Gasteiger partial charge in [0.15, 0.2) is 0 Å². The van der Waals surface area contributed by atoms with Crippen molar-refractivity contribution in [3.05, 3.63) is 48.5 Å². The number of nitrogens with zero attached hydrogens (tertiary/aromatic N) is 1. The monoisotopic (exact) mass is 366 g/mol. The van der Waals surface area contributed by atoms with Crippen LogP contribution in [0, 0.1) is 5.92 Å². The zero-order valence-corrected chi connectivity index (χ0v) is 14.0. The van der Waals surface area contributed by atoms with E-state index in [0.717, 1.165) is 0 Å². The maximum Gasteiger partial charge on any atom is 2.00 e. The second-order valence-electron chi connectivity index (χ2n) is 5.25. The van der Waals surface area contributed by atoms with Gasteiger partial charge in [-0.25, -0.2) is 4.98 Å². The zero-order valence-electron chi connectivity index (χ0n) is 13.1. The molecule has 7 heteroatoms. The third kappa shape index (κ3) is 9.03. The van der Waals surface area contributed by atoms with Crippen molar-refractivity contribution in [2.24, 2.45) is 5.92 Å². The van der Waals surface area contributed by atoms with E-state index >= 15 is 0 Å². The quantitative estimate of drug-likeness (QED) is 0.721. The first-order valence-corrected chi connectivity index (χ1v) is 7.12. The van der Waals surface area contributed by atoms with Crippen LogP contribution in [0.15, 0.2) is 43.0 Å². The number of rotatable bonds is 6. The third-order valence-corrected chi connectivity index (χ3v) is 2.91. The number of aromatic amines is 1. The molecule has 0 fully saturated rings. The van der Waals surface area contributed by atoms with Crippen molar-refractivity contribution in [1.82, 2.24) is 15.3 Å². The maximum atomic E-state index is 11.4. The van der Waals surface area contributed by atoms with E-state index in [1.807, 2.05) is 13.8 Å². The van der Waals surface area contributed by atoms with Gasteiger partial charge in [-0.05, 0) is 17.9 Å². The normalized spacial score (nSPS) is 11.1. The first-order chi connectivity index (χ1) is 10.5. The van der Waals surface area contributed by atoms with E-state index in [-0.39, 0.29) is 35.3 Å². The minimum Gasteiger partial charge on any atom is -0.872 e. The molecule has 1 atom stereocenters. The predicted molar refractivity (Wildman–Crippen MR) is 79.6 cm³/mol. The molecular weight excluding hydrogens is 346 g/mol. The first kappa shape index (κ1) is 21.2. The van der Waals surface area contributed by atoms with E-state index in [0.29, 0.717) is 12.0 Å². The van der Waals surface area contributed by atoms with E-state index in [4.69, 9.17) is 0 Å². The van der Waals surface area contributed by atoms with Gasteiger partial charge in [0.05, 0.1) is 12.3 Å². The SMILES string of the molecule is CC(C)C[C@H](NCc1ccccc1[O-])C(=O)[O-].[Cu+2].c1c[nH]cn1. The fourth-order valence-corrected chi connectivity index (χ4v) is 1.83. The van der Waals surface area contributed by atoms with Gasteiger partial charge in [0.1, 0.15) is 0 Å². The first-order valence-electron chi connectivity index (χ1n) is 7.12. The van der Waals surface area contributed by atoms with Gasteiger partial charge in [-0.1, -0.05) is 38.1 Å². The zero-order chi connectivity index (χ0) is 16.4. The number of benzene rings is 1. The van der Waals surface area contributed by atoms with E-state index in [1.165, 1.54) is 6.07 Å². The molecule has 2 N–H and O–H groups in total. The average Bonchev–Trinajstić information content (AvgIpc) is 3.03. The molecule has 0 aliphatic heterocycles. The number of aromatic nitrogens is 2. The summed E-state index contributed by atoms with van der Waals surface area (Å²) in [4.78, 5) is 17.3. The molecule has 0 unspecified atom stereocenters. The molecule has 1 aromatic carbocycles. The molecule has 1 heterocycles. The third-order valence-electron chi connectivity index (χ3n) is 2.91. The van der Waals surface area contributed by atoms with Crippen LogP contribution in [0.3, 0.4) is 0 Å². The van der Waals surface area contributed by atoms with Crippen molar-refractivity contribution in [3.63, 3.8) is 0 Å². The Kier molecular flexibility index (Phi) is 10.8. The summed E-state index contributed by atoms with van der Waals surface area (Å²) in [6.07, 6.45) is 5.57. The molecule has 0 bridgehead atoms. The summed E-state index contributed by atoms with van der Waals surface area (Å²) >= 11 is 0. The number of aliphatic carboxylic acids is 1. The van der Waals surface area contributed by atoms with Gasteiger partial charge in [-0.2, -0.15) is 0 Å². The van der Waals surface area contributed by atoms with Crippen molar-refractivity contribution in [2.75, 3.05) is 0 Å². The summed E-state index contributed by atoms with van der Waals surface area (Å²) in [6, 6.07) is 5.87. The van der Waals surface area contributed by atoms with Crippen LogP contribution in [0.25, 0.3) is 0 Å². The summed E-state index contributed by atoms with van der Waals surface area (Å²) in [5.41, 5.74) is 0.572. The van der Waals surface area contributed by atoms with Crippen LogP contribution in [-0.2, 0) is 28.4 Å².